The van der Waals surface area contributed by atoms with Crippen molar-refractivity contribution in [1.29, 1.82) is 0 Å². The van der Waals surface area contributed by atoms with Crippen LogP contribution in [-0.4, -0.2) is 50.0 Å². The first-order chi connectivity index (χ1) is 24.0. The Kier molecular flexibility index (Phi) is 10.4. The second-order valence-electron chi connectivity index (χ2n) is 15.7. The minimum absolute atomic E-state index is 0.0687. The van der Waals surface area contributed by atoms with Crippen LogP contribution in [0, 0.1) is 17.8 Å². The van der Waals surface area contributed by atoms with E-state index in [4.69, 9.17) is 0 Å². The third-order valence-corrected chi connectivity index (χ3v) is 13.6. The minimum atomic E-state index is -3.83. The molecule has 0 spiro atoms. The molecule has 5 aliphatic carbocycles. The quantitative estimate of drug-likeness (QED) is 0.205. The zero-order valence-corrected chi connectivity index (χ0v) is 31.5. The molecule has 5 aliphatic rings. The molecule has 0 heterocycles. The number of benzene rings is 3. The molecule has 3 aromatic rings. The van der Waals surface area contributed by atoms with E-state index in [1.54, 1.807) is 4.90 Å². The van der Waals surface area contributed by atoms with Crippen LogP contribution < -0.4 is 9.62 Å². The van der Waals surface area contributed by atoms with Gasteiger partial charge in [-0.15, -0.1) is 0 Å². The zero-order chi connectivity index (χ0) is 34.9. The van der Waals surface area contributed by atoms with Gasteiger partial charge in [-0.05, 0) is 115 Å². The summed E-state index contributed by atoms with van der Waals surface area (Å²) < 4.78 is 29.0. The van der Waals surface area contributed by atoms with E-state index in [0.717, 1.165) is 65.3 Å². The van der Waals surface area contributed by atoms with Crippen molar-refractivity contribution in [2.24, 2.45) is 17.8 Å². The number of halogens is 1. The van der Waals surface area contributed by atoms with Crippen LogP contribution in [0.1, 0.15) is 87.3 Å². The van der Waals surface area contributed by atoms with E-state index >= 15 is 0 Å². The fourth-order valence-corrected chi connectivity index (χ4v) is 11.1. The van der Waals surface area contributed by atoms with Gasteiger partial charge in [0.2, 0.25) is 21.8 Å². The second kappa shape index (κ2) is 14.8. The molecule has 0 aliphatic heterocycles. The van der Waals surface area contributed by atoms with Crippen LogP contribution in [0.2, 0.25) is 0 Å². The minimum Gasteiger partial charge on any atom is -0.352 e. The Morgan fingerprint density at radius 2 is 1.42 bits per heavy atom. The van der Waals surface area contributed by atoms with Gasteiger partial charge in [0.05, 0.1) is 11.9 Å². The molecule has 0 saturated heterocycles. The fraction of sp³-hybridized carbons (Fsp3) is 0.512. The molecular weight excluding hydrogens is 710 g/mol. The highest BCUT2D eigenvalue weighted by atomic mass is 79.9. The highest BCUT2D eigenvalue weighted by Gasteiger charge is 2.51. The molecule has 5 saturated carbocycles. The predicted molar refractivity (Wildman–Crippen MR) is 202 cm³/mol. The van der Waals surface area contributed by atoms with Gasteiger partial charge in [-0.25, -0.2) is 8.42 Å². The van der Waals surface area contributed by atoms with Gasteiger partial charge in [0.15, 0.2) is 0 Å². The monoisotopic (exact) mass is 759 g/mol. The molecule has 7 nitrogen and oxygen atoms in total. The van der Waals surface area contributed by atoms with Crippen LogP contribution in [0.5, 0.6) is 0 Å². The Morgan fingerprint density at radius 3 is 2.00 bits per heavy atom. The Morgan fingerprint density at radius 1 is 0.820 bits per heavy atom. The lowest BCUT2D eigenvalue weighted by molar-refractivity contribution is -0.140. The van der Waals surface area contributed by atoms with Crippen molar-refractivity contribution in [3.05, 3.63) is 100 Å². The molecule has 50 heavy (non-hydrogen) atoms. The fourth-order valence-electron chi connectivity index (χ4n) is 9.94. The van der Waals surface area contributed by atoms with Crippen LogP contribution in [0.15, 0.2) is 83.3 Å². The third kappa shape index (κ3) is 7.99. The van der Waals surface area contributed by atoms with Crippen molar-refractivity contribution in [3.63, 3.8) is 0 Å². The van der Waals surface area contributed by atoms with Gasteiger partial charge in [0, 0.05) is 23.5 Å². The largest absolute Gasteiger partial charge is 0.352 e. The second-order valence-corrected chi connectivity index (χ2v) is 18.5. The maximum absolute atomic E-state index is 14.6. The summed E-state index contributed by atoms with van der Waals surface area (Å²) in [5, 5.41) is 3.27. The smallest absolute Gasteiger partial charge is 0.244 e. The van der Waals surface area contributed by atoms with Crippen LogP contribution in [0.3, 0.4) is 0 Å². The number of carbonyl (C=O) groups is 2. The third-order valence-electron chi connectivity index (χ3n) is 12.0. The molecule has 8 rings (SSSR count). The van der Waals surface area contributed by atoms with Gasteiger partial charge in [-0.2, -0.15) is 0 Å². The van der Waals surface area contributed by atoms with E-state index in [2.05, 4.69) is 33.4 Å². The lowest BCUT2D eigenvalue weighted by Crippen LogP contribution is -2.55. The number of hydrogen-bond acceptors (Lipinski definition) is 4. The lowest BCUT2D eigenvalue weighted by Gasteiger charge is -2.57. The van der Waals surface area contributed by atoms with Crippen molar-refractivity contribution in [3.8, 4) is 0 Å². The average molecular weight is 761 g/mol. The zero-order valence-electron chi connectivity index (χ0n) is 29.1. The van der Waals surface area contributed by atoms with Gasteiger partial charge >= 0.3 is 0 Å². The van der Waals surface area contributed by atoms with Crippen LogP contribution in [-0.2, 0) is 38.0 Å². The maximum Gasteiger partial charge on any atom is 0.244 e. The molecule has 266 valence electrons. The van der Waals surface area contributed by atoms with E-state index in [-0.39, 0.29) is 23.9 Å². The first-order valence-corrected chi connectivity index (χ1v) is 21.2. The van der Waals surface area contributed by atoms with E-state index < -0.39 is 28.5 Å². The standard InChI is InChI=1S/C41H50BrN3O4S/c1-50(48,49)45(37-18-14-34(15-19-37)41-24-31-20-32(25-41)22-33(21-31)26-41)28-39(46)44(27-30-12-16-35(42)17-13-30)38(23-29-8-4-2-5-9-29)40(47)43-36-10-6-3-7-11-36/h2,4-5,8-9,12-19,31-33,36,38H,3,6-7,10-11,20-28H2,1H3,(H,43,47). The highest BCUT2D eigenvalue weighted by Crippen LogP contribution is 2.60. The molecule has 0 aromatic heterocycles. The molecule has 4 bridgehead atoms. The molecule has 2 amide bonds. The Labute approximate surface area is 306 Å². The summed E-state index contributed by atoms with van der Waals surface area (Å²) in [4.78, 5) is 30.4. The van der Waals surface area contributed by atoms with E-state index in [0.29, 0.717) is 12.1 Å². The number of nitrogens with one attached hydrogen (secondary N) is 1. The summed E-state index contributed by atoms with van der Waals surface area (Å²) in [6, 6.07) is 24.7. The maximum atomic E-state index is 14.6. The Bertz CT molecular complexity index is 1720. The summed E-state index contributed by atoms with van der Waals surface area (Å²) in [5.41, 5.74) is 3.76. The number of rotatable bonds is 12. The van der Waals surface area contributed by atoms with Crippen molar-refractivity contribution >= 4 is 43.5 Å². The summed E-state index contributed by atoms with van der Waals surface area (Å²) in [5.74, 6) is 1.81. The summed E-state index contributed by atoms with van der Waals surface area (Å²) in [7, 11) is -3.83. The van der Waals surface area contributed by atoms with Crippen LogP contribution >= 0.6 is 15.9 Å². The van der Waals surface area contributed by atoms with E-state index in [1.807, 2.05) is 66.7 Å². The Hall–Kier alpha value is -3.17. The highest BCUT2D eigenvalue weighted by molar-refractivity contribution is 9.10. The number of amides is 2. The molecule has 1 atom stereocenters. The first-order valence-electron chi connectivity index (χ1n) is 18.5. The molecule has 0 radical (unpaired) electrons. The number of nitrogens with zero attached hydrogens (tertiary/aromatic N) is 2. The van der Waals surface area contributed by atoms with E-state index in [9.17, 15) is 18.0 Å². The summed E-state index contributed by atoms with van der Waals surface area (Å²) >= 11 is 3.50. The summed E-state index contributed by atoms with van der Waals surface area (Å²) in [6.07, 6.45) is 14.4. The average Bonchev–Trinajstić information content (AvgIpc) is 3.09. The van der Waals surface area contributed by atoms with Crippen molar-refractivity contribution in [2.75, 3.05) is 17.1 Å². The van der Waals surface area contributed by atoms with Gasteiger partial charge in [0.1, 0.15) is 12.6 Å². The molecule has 1 N–H and O–H groups in total. The van der Waals surface area contributed by atoms with Gasteiger partial charge in [-0.3, -0.25) is 13.9 Å². The van der Waals surface area contributed by atoms with Gasteiger partial charge in [-0.1, -0.05) is 89.8 Å². The number of sulfonamides is 1. The number of carbonyl (C=O) groups excluding carboxylic acids is 2. The lowest BCUT2D eigenvalue weighted by atomic mass is 9.48. The van der Waals surface area contributed by atoms with Crippen molar-refractivity contribution < 1.29 is 18.0 Å². The number of anilines is 1. The molecular formula is C41H50BrN3O4S. The SMILES string of the molecule is CS(=O)(=O)N(CC(=O)N(Cc1ccc(Br)cc1)C(Cc1ccccc1)C(=O)NC1CCCCC1)c1ccc(C23CC4CC(CC(C4)C2)C3)cc1. The predicted octanol–water partition coefficient (Wildman–Crippen LogP) is 7.77. The topological polar surface area (TPSA) is 86.8 Å². The molecule has 5 fully saturated rings. The number of hydrogen-bond donors (Lipinski definition) is 1. The Balaban J connectivity index is 1.18. The normalized spacial score (nSPS) is 25.2. The van der Waals surface area contributed by atoms with E-state index in [1.165, 1.54) is 54.8 Å². The molecule has 9 heteroatoms. The van der Waals surface area contributed by atoms with Crippen molar-refractivity contribution in [2.45, 2.75) is 101 Å². The van der Waals surface area contributed by atoms with Crippen LogP contribution in [0.25, 0.3) is 0 Å². The molecule has 1 unspecified atom stereocenters. The first kappa shape index (κ1) is 35.2. The van der Waals surface area contributed by atoms with Gasteiger partial charge in [0.25, 0.3) is 0 Å². The molecule has 3 aromatic carbocycles. The summed E-state index contributed by atoms with van der Waals surface area (Å²) in [6.45, 7) is -0.224. The van der Waals surface area contributed by atoms with Gasteiger partial charge < -0.3 is 10.2 Å². The van der Waals surface area contributed by atoms with Crippen molar-refractivity contribution in [1.82, 2.24) is 10.2 Å². The van der Waals surface area contributed by atoms with Crippen LogP contribution in [0.4, 0.5) is 5.69 Å².